The molecule has 3 heterocycles. The molecular weight excluding hydrogens is 468 g/mol. The van der Waals surface area contributed by atoms with Gasteiger partial charge in [0.25, 0.3) is 5.91 Å². The van der Waals surface area contributed by atoms with Gasteiger partial charge in [-0.3, -0.25) is 9.59 Å². The minimum Gasteiger partial charge on any atom is -0.465 e. The van der Waals surface area contributed by atoms with Crippen molar-refractivity contribution >= 4 is 30.3 Å². The van der Waals surface area contributed by atoms with E-state index in [1.807, 2.05) is 27.7 Å². The molecule has 9 heteroatoms. The first-order valence-electron chi connectivity index (χ1n) is 12.5. The van der Waals surface area contributed by atoms with Crippen LogP contribution >= 0.6 is 11.3 Å². The van der Waals surface area contributed by atoms with Crippen LogP contribution in [0.15, 0.2) is 24.1 Å². The van der Waals surface area contributed by atoms with Gasteiger partial charge in [-0.05, 0) is 83.1 Å². The van der Waals surface area contributed by atoms with Gasteiger partial charge in [0.15, 0.2) is 0 Å². The maximum Gasteiger partial charge on any atom is 0.490 e. The Morgan fingerprint density at radius 1 is 1.17 bits per heavy atom. The summed E-state index contributed by atoms with van der Waals surface area (Å²) in [6.07, 6.45) is 9.50. The van der Waals surface area contributed by atoms with E-state index < -0.39 is 41.5 Å². The maximum atomic E-state index is 15.1. The van der Waals surface area contributed by atoms with E-state index in [1.54, 1.807) is 22.3 Å². The van der Waals surface area contributed by atoms with Gasteiger partial charge in [0.05, 0.1) is 22.7 Å². The molecule has 2 aliphatic heterocycles. The standard InChI is InChI=1S/C26H33BFNO5S/c1-16(30)32-15-17-10-11-18(28)14-26(17,27-33-24(2,3)25(4,5)34-27)29-13-12-20-19-8-6-7-9-21(19)35-22(20)23(29)31/h10-11,14,17H,6-9,12-13,15H2,1-5H3. The fraction of sp³-hybridized carbons (Fsp3) is 0.615. The van der Waals surface area contributed by atoms with Crippen LogP contribution in [0.4, 0.5) is 4.39 Å². The summed E-state index contributed by atoms with van der Waals surface area (Å²) in [7, 11) is -0.941. The molecule has 1 aromatic rings. The van der Waals surface area contributed by atoms with Crippen molar-refractivity contribution in [1.29, 1.82) is 0 Å². The average molecular weight is 501 g/mol. The lowest BCUT2D eigenvalue weighted by atomic mass is 9.54. The molecule has 0 aromatic carbocycles. The Morgan fingerprint density at radius 3 is 2.54 bits per heavy atom. The smallest absolute Gasteiger partial charge is 0.465 e. The maximum absolute atomic E-state index is 15.1. The highest BCUT2D eigenvalue weighted by atomic mass is 32.1. The summed E-state index contributed by atoms with van der Waals surface area (Å²) in [5, 5.41) is 0. The molecule has 1 amide bonds. The molecule has 4 aliphatic rings. The van der Waals surface area contributed by atoms with E-state index in [2.05, 4.69) is 0 Å². The number of thiophene rings is 1. The zero-order valence-corrected chi connectivity index (χ0v) is 21.9. The largest absolute Gasteiger partial charge is 0.490 e. The number of fused-ring (bicyclic) bond motifs is 3. The highest BCUT2D eigenvalue weighted by Gasteiger charge is 2.65. The van der Waals surface area contributed by atoms with Crippen LogP contribution in [-0.4, -0.2) is 53.7 Å². The monoisotopic (exact) mass is 501 g/mol. The molecule has 6 nitrogen and oxygen atoms in total. The van der Waals surface area contributed by atoms with Gasteiger partial charge in [-0.15, -0.1) is 11.3 Å². The fourth-order valence-corrected chi connectivity index (χ4v) is 7.09. The van der Waals surface area contributed by atoms with E-state index in [4.69, 9.17) is 14.0 Å². The van der Waals surface area contributed by atoms with Crippen molar-refractivity contribution in [2.75, 3.05) is 13.2 Å². The van der Waals surface area contributed by atoms with Crippen LogP contribution in [0.5, 0.6) is 0 Å². The second kappa shape index (κ2) is 8.56. The molecular formula is C26H33BFNO5S. The predicted octanol–water partition coefficient (Wildman–Crippen LogP) is 4.60. The van der Waals surface area contributed by atoms with Crippen LogP contribution < -0.4 is 0 Å². The summed E-state index contributed by atoms with van der Waals surface area (Å²) in [5.74, 6) is -1.58. The molecule has 2 aliphatic carbocycles. The Kier molecular flexibility index (Phi) is 6.05. The van der Waals surface area contributed by atoms with Gasteiger partial charge in [0.1, 0.15) is 11.3 Å². The third-order valence-electron chi connectivity index (χ3n) is 8.32. The van der Waals surface area contributed by atoms with E-state index >= 15 is 4.39 Å². The molecule has 0 radical (unpaired) electrons. The highest BCUT2D eigenvalue weighted by molar-refractivity contribution is 7.14. The molecule has 0 spiro atoms. The number of allylic oxidation sites excluding steroid dienone is 2. The zero-order valence-electron chi connectivity index (χ0n) is 21.1. The van der Waals surface area contributed by atoms with Gasteiger partial charge < -0.3 is 18.9 Å². The lowest BCUT2D eigenvalue weighted by Gasteiger charge is -2.49. The van der Waals surface area contributed by atoms with Crippen LogP contribution in [-0.2, 0) is 38.1 Å². The summed E-state index contributed by atoms with van der Waals surface area (Å²) in [6, 6.07) is 0. The lowest BCUT2D eigenvalue weighted by Crippen LogP contribution is -2.67. The van der Waals surface area contributed by atoms with Crippen molar-refractivity contribution in [2.24, 2.45) is 5.92 Å². The first-order valence-corrected chi connectivity index (χ1v) is 13.3. The van der Waals surface area contributed by atoms with Crippen LogP contribution in [0.25, 0.3) is 0 Å². The number of carbonyl (C=O) groups is 2. The molecule has 1 saturated heterocycles. The van der Waals surface area contributed by atoms with Crippen molar-refractivity contribution in [3.05, 3.63) is 44.9 Å². The first kappa shape index (κ1) is 24.7. The van der Waals surface area contributed by atoms with Crippen LogP contribution in [0, 0.1) is 5.92 Å². The van der Waals surface area contributed by atoms with Crippen molar-refractivity contribution in [3.63, 3.8) is 0 Å². The van der Waals surface area contributed by atoms with E-state index in [1.165, 1.54) is 29.5 Å². The third kappa shape index (κ3) is 3.90. The Morgan fingerprint density at radius 2 is 1.86 bits per heavy atom. The van der Waals surface area contributed by atoms with E-state index in [0.717, 1.165) is 36.1 Å². The second-order valence-electron chi connectivity index (χ2n) is 11.0. The van der Waals surface area contributed by atoms with Gasteiger partial charge in [-0.2, -0.15) is 0 Å². The molecule has 0 saturated carbocycles. The Balaban J connectivity index is 1.62. The SMILES string of the molecule is CC(=O)OCC1C=CC(F)=CC1(B1OC(C)(C)C(C)(C)O1)N1CCc2c(sc3c2CCCC3)C1=O. The average Bonchev–Trinajstić information content (AvgIpc) is 3.27. The minimum atomic E-state index is -1.31. The number of rotatable bonds is 4. The molecule has 35 heavy (non-hydrogen) atoms. The van der Waals surface area contributed by atoms with Crippen molar-refractivity contribution in [1.82, 2.24) is 4.90 Å². The number of hydrogen-bond donors (Lipinski definition) is 0. The van der Waals surface area contributed by atoms with Crippen LogP contribution in [0.1, 0.15) is 73.1 Å². The number of halogens is 1. The predicted molar refractivity (Wildman–Crippen MR) is 133 cm³/mol. The van der Waals surface area contributed by atoms with E-state index in [-0.39, 0.29) is 12.5 Å². The van der Waals surface area contributed by atoms with Gasteiger partial charge in [-0.25, -0.2) is 4.39 Å². The summed E-state index contributed by atoms with van der Waals surface area (Å²) in [6.45, 7) is 9.47. The highest BCUT2D eigenvalue weighted by Crippen LogP contribution is 2.48. The Labute approximate surface area is 210 Å². The quantitative estimate of drug-likeness (QED) is 0.446. The number of nitrogens with zero attached hydrogens (tertiary/aromatic N) is 1. The number of esters is 1. The summed E-state index contributed by atoms with van der Waals surface area (Å²) >= 11 is 1.58. The van der Waals surface area contributed by atoms with Crippen LogP contribution in [0.3, 0.4) is 0 Å². The Bertz CT molecular complexity index is 1110. The summed E-state index contributed by atoms with van der Waals surface area (Å²) in [4.78, 5) is 29.7. The fourth-order valence-electron chi connectivity index (χ4n) is 5.70. The number of aryl methyl sites for hydroxylation is 1. The first-order chi connectivity index (χ1) is 16.5. The van der Waals surface area contributed by atoms with Crippen molar-refractivity contribution < 1.29 is 28.0 Å². The number of carbonyl (C=O) groups excluding carboxylic acids is 2. The molecule has 0 N–H and O–H groups in total. The van der Waals surface area contributed by atoms with Crippen molar-refractivity contribution in [2.45, 2.75) is 83.4 Å². The van der Waals surface area contributed by atoms with E-state index in [0.29, 0.717) is 13.0 Å². The zero-order chi connectivity index (χ0) is 25.2. The third-order valence-corrected chi connectivity index (χ3v) is 9.64. The molecule has 2 unspecified atom stereocenters. The van der Waals surface area contributed by atoms with E-state index in [9.17, 15) is 9.59 Å². The molecule has 2 atom stereocenters. The summed E-state index contributed by atoms with van der Waals surface area (Å²) < 4.78 is 33.4. The van der Waals surface area contributed by atoms with Crippen molar-refractivity contribution in [3.8, 4) is 0 Å². The van der Waals surface area contributed by atoms with Crippen LogP contribution in [0.2, 0.25) is 0 Å². The molecule has 1 fully saturated rings. The molecule has 0 bridgehead atoms. The topological polar surface area (TPSA) is 65.1 Å². The van der Waals surface area contributed by atoms with Gasteiger partial charge in [0, 0.05) is 24.3 Å². The number of hydrogen-bond acceptors (Lipinski definition) is 6. The second-order valence-corrected chi connectivity index (χ2v) is 12.1. The number of ether oxygens (including phenoxy) is 1. The Hall–Kier alpha value is -1.97. The molecule has 188 valence electrons. The van der Waals surface area contributed by atoms with Gasteiger partial charge in [0.2, 0.25) is 0 Å². The molecule has 5 rings (SSSR count). The molecule has 1 aromatic heterocycles. The number of amides is 1. The van der Waals surface area contributed by atoms with Gasteiger partial charge >= 0.3 is 13.1 Å². The minimum absolute atomic E-state index is 0.0166. The van der Waals surface area contributed by atoms with Gasteiger partial charge in [-0.1, -0.05) is 6.08 Å². The normalized spacial score (nSPS) is 29.0. The summed E-state index contributed by atoms with van der Waals surface area (Å²) in [5.41, 5.74) is -0.182. The lowest BCUT2D eigenvalue weighted by molar-refractivity contribution is -0.142.